The van der Waals surface area contributed by atoms with Crippen LogP contribution in [0.5, 0.6) is 11.5 Å². The number of rotatable bonds is 3. The lowest BCUT2D eigenvalue weighted by Crippen LogP contribution is -2.00. The lowest BCUT2D eigenvalue weighted by Gasteiger charge is -2.10. The SMILES string of the molecule is N#Cc1ccc(Oc2cc(F)ccc2C(=O)O)c(Cl)c1. The van der Waals surface area contributed by atoms with Gasteiger partial charge < -0.3 is 9.84 Å². The van der Waals surface area contributed by atoms with Gasteiger partial charge >= 0.3 is 5.97 Å². The number of carboxylic acids is 1. The number of aromatic carboxylic acids is 1. The molecular formula is C14H7ClFNO3. The Hall–Kier alpha value is -2.58. The first-order chi connectivity index (χ1) is 9.51. The van der Waals surface area contributed by atoms with E-state index in [1.165, 1.54) is 18.2 Å². The molecule has 0 aliphatic rings. The van der Waals surface area contributed by atoms with Crippen LogP contribution < -0.4 is 4.74 Å². The Labute approximate surface area is 118 Å². The first-order valence-corrected chi connectivity index (χ1v) is 5.79. The van der Waals surface area contributed by atoms with Crippen LogP contribution >= 0.6 is 11.6 Å². The molecule has 0 heterocycles. The molecular weight excluding hydrogens is 285 g/mol. The molecule has 2 rings (SSSR count). The van der Waals surface area contributed by atoms with Crippen molar-refractivity contribution in [3.63, 3.8) is 0 Å². The molecule has 0 atom stereocenters. The van der Waals surface area contributed by atoms with Gasteiger partial charge in [-0.2, -0.15) is 5.26 Å². The fourth-order valence-electron chi connectivity index (χ4n) is 1.53. The molecule has 4 nitrogen and oxygen atoms in total. The molecule has 0 saturated carbocycles. The summed E-state index contributed by atoms with van der Waals surface area (Å²) in [4.78, 5) is 11.0. The molecule has 0 unspecified atom stereocenters. The third-order valence-corrected chi connectivity index (χ3v) is 2.75. The Bertz CT molecular complexity index is 725. The molecule has 2 aromatic carbocycles. The summed E-state index contributed by atoms with van der Waals surface area (Å²) in [6, 6.07) is 9.23. The lowest BCUT2D eigenvalue weighted by molar-refractivity contribution is 0.0694. The van der Waals surface area contributed by atoms with Crippen molar-refractivity contribution in [3.8, 4) is 17.6 Å². The normalized spacial score (nSPS) is 9.85. The van der Waals surface area contributed by atoms with Gasteiger partial charge in [0.25, 0.3) is 0 Å². The molecule has 0 radical (unpaired) electrons. The van der Waals surface area contributed by atoms with Crippen LogP contribution in [-0.2, 0) is 0 Å². The van der Waals surface area contributed by atoms with Gasteiger partial charge in [0.15, 0.2) is 0 Å². The molecule has 0 spiro atoms. The van der Waals surface area contributed by atoms with Gasteiger partial charge in [-0.05, 0) is 30.3 Å². The predicted molar refractivity (Wildman–Crippen MR) is 69.6 cm³/mol. The van der Waals surface area contributed by atoms with Gasteiger partial charge in [0.05, 0.1) is 16.7 Å². The number of hydrogen-bond acceptors (Lipinski definition) is 3. The minimum atomic E-state index is -1.25. The molecule has 1 N–H and O–H groups in total. The number of nitriles is 1. The summed E-state index contributed by atoms with van der Waals surface area (Å²) in [5, 5.41) is 17.9. The number of benzene rings is 2. The minimum absolute atomic E-state index is 0.129. The average molecular weight is 292 g/mol. The van der Waals surface area contributed by atoms with E-state index in [0.29, 0.717) is 5.56 Å². The highest BCUT2D eigenvalue weighted by atomic mass is 35.5. The molecule has 0 fully saturated rings. The summed E-state index contributed by atoms with van der Waals surface area (Å²) in [5.41, 5.74) is 0.145. The van der Waals surface area contributed by atoms with E-state index in [0.717, 1.165) is 18.2 Å². The maximum Gasteiger partial charge on any atom is 0.339 e. The lowest BCUT2D eigenvalue weighted by atomic mass is 10.2. The zero-order valence-corrected chi connectivity index (χ0v) is 10.7. The van der Waals surface area contributed by atoms with Gasteiger partial charge in [-0.1, -0.05) is 11.6 Å². The summed E-state index contributed by atoms with van der Waals surface area (Å²) in [7, 11) is 0. The number of ether oxygens (including phenoxy) is 1. The van der Waals surface area contributed by atoms with Crippen LogP contribution in [0.25, 0.3) is 0 Å². The van der Waals surface area contributed by atoms with Crippen molar-refractivity contribution in [3.05, 3.63) is 58.4 Å². The Balaban J connectivity index is 2.42. The summed E-state index contributed by atoms with van der Waals surface area (Å²) in [6.45, 7) is 0. The topological polar surface area (TPSA) is 70.3 Å². The van der Waals surface area contributed by atoms with Crippen LogP contribution in [0, 0.1) is 17.1 Å². The van der Waals surface area contributed by atoms with E-state index in [4.69, 9.17) is 26.7 Å². The van der Waals surface area contributed by atoms with E-state index in [2.05, 4.69) is 0 Å². The van der Waals surface area contributed by atoms with Gasteiger partial charge in [0.1, 0.15) is 22.9 Å². The van der Waals surface area contributed by atoms with E-state index >= 15 is 0 Å². The number of nitrogens with zero attached hydrogens (tertiary/aromatic N) is 1. The van der Waals surface area contributed by atoms with Crippen LogP contribution in [0.15, 0.2) is 36.4 Å². The second-order valence-electron chi connectivity index (χ2n) is 3.80. The molecule has 6 heteroatoms. The van der Waals surface area contributed by atoms with E-state index in [1.54, 1.807) is 0 Å². The Kier molecular flexibility index (Phi) is 3.87. The fourth-order valence-corrected chi connectivity index (χ4v) is 1.75. The van der Waals surface area contributed by atoms with Gasteiger partial charge in [0, 0.05) is 6.07 Å². The third-order valence-electron chi connectivity index (χ3n) is 2.45. The number of carbonyl (C=O) groups is 1. The summed E-state index contributed by atoms with van der Waals surface area (Å²) >= 11 is 5.91. The fraction of sp³-hybridized carbons (Fsp3) is 0. The molecule has 20 heavy (non-hydrogen) atoms. The molecule has 0 aromatic heterocycles. The quantitative estimate of drug-likeness (QED) is 0.932. The molecule has 0 aliphatic heterocycles. The summed E-state index contributed by atoms with van der Waals surface area (Å²) in [5.74, 6) is -1.90. The Morgan fingerprint density at radius 1 is 1.25 bits per heavy atom. The van der Waals surface area contributed by atoms with E-state index in [9.17, 15) is 9.18 Å². The average Bonchev–Trinajstić information content (AvgIpc) is 2.40. The van der Waals surface area contributed by atoms with Crippen molar-refractivity contribution in [1.82, 2.24) is 0 Å². The van der Waals surface area contributed by atoms with E-state index < -0.39 is 11.8 Å². The largest absolute Gasteiger partial charge is 0.478 e. The first kappa shape index (κ1) is 13.8. The highest BCUT2D eigenvalue weighted by Crippen LogP contribution is 2.32. The van der Waals surface area contributed by atoms with Crippen molar-refractivity contribution >= 4 is 17.6 Å². The summed E-state index contributed by atoms with van der Waals surface area (Å²) in [6.07, 6.45) is 0. The molecule has 0 amide bonds. The highest BCUT2D eigenvalue weighted by Gasteiger charge is 2.14. The molecule has 2 aromatic rings. The van der Waals surface area contributed by atoms with Gasteiger partial charge in [-0.3, -0.25) is 0 Å². The van der Waals surface area contributed by atoms with E-state index in [1.807, 2.05) is 6.07 Å². The number of hydrogen-bond donors (Lipinski definition) is 1. The van der Waals surface area contributed by atoms with Gasteiger partial charge in [-0.25, -0.2) is 9.18 Å². The number of halogens is 2. The van der Waals surface area contributed by atoms with Crippen LogP contribution in [-0.4, -0.2) is 11.1 Å². The molecule has 100 valence electrons. The Morgan fingerprint density at radius 3 is 2.60 bits per heavy atom. The van der Waals surface area contributed by atoms with Gasteiger partial charge in [-0.15, -0.1) is 0 Å². The van der Waals surface area contributed by atoms with Crippen molar-refractivity contribution < 1.29 is 19.0 Å². The maximum atomic E-state index is 13.2. The third kappa shape index (κ3) is 2.87. The zero-order valence-electron chi connectivity index (χ0n) is 9.93. The standard InChI is InChI=1S/C14H7ClFNO3/c15-11-5-8(7-17)1-4-12(11)20-13-6-9(16)2-3-10(13)14(18)19/h1-6H,(H,18,19). The minimum Gasteiger partial charge on any atom is -0.478 e. The predicted octanol–water partition coefficient (Wildman–Crippen LogP) is 3.84. The van der Waals surface area contributed by atoms with Crippen LogP contribution in [0.2, 0.25) is 5.02 Å². The van der Waals surface area contributed by atoms with Crippen molar-refractivity contribution in [2.75, 3.05) is 0 Å². The molecule has 0 aliphatic carbocycles. The Morgan fingerprint density at radius 2 is 2.00 bits per heavy atom. The highest BCUT2D eigenvalue weighted by molar-refractivity contribution is 6.32. The molecule has 0 bridgehead atoms. The van der Waals surface area contributed by atoms with E-state index in [-0.39, 0.29) is 22.1 Å². The zero-order chi connectivity index (χ0) is 14.7. The van der Waals surface area contributed by atoms with Crippen molar-refractivity contribution in [2.45, 2.75) is 0 Å². The number of carboxylic acid groups (broad SMARTS) is 1. The van der Waals surface area contributed by atoms with Gasteiger partial charge in [0.2, 0.25) is 0 Å². The van der Waals surface area contributed by atoms with Crippen LogP contribution in [0.1, 0.15) is 15.9 Å². The molecule has 0 saturated heterocycles. The van der Waals surface area contributed by atoms with Crippen LogP contribution in [0.3, 0.4) is 0 Å². The second kappa shape index (κ2) is 5.59. The second-order valence-corrected chi connectivity index (χ2v) is 4.21. The maximum absolute atomic E-state index is 13.2. The summed E-state index contributed by atoms with van der Waals surface area (Å²) < 4.78 is 18.5. The van der Waals surface area contributed by atoms with Crippen LogP contribution in [0.4, 0.5) is 4.39 Å². The monoisotopic (exact) mass is 291 g/mol. The smallest absolute Gasteiger partial charge is 0.339 e. The van der Waals surface area contributed by atoms with Crippen molar-refractivity contribution in [1.29, 1.82) is 5.26 Å². The van der Waals surface area contributed by atoms with Crippen molar-refractivity contribution in [2.24, 2.45) is 0 Å². The first-order valence-electron chi connectivity index (χ1n) is 5.41.